The number of hydrogen-bond acceptors (Lipinski definition) is 3. The summed E-state index contributed by atoms with van der Waals surface area (Å²) in [6.45, 7) is 9.15. The Morgan fingerprint density at radius 2 is 2.06 bits per heavy atom. The van der Waals surface area contributed by atoms with Crippen LogP contribution in [0.3, 0.4) is 0 Å². The molecule has 0 aliphatic carbocycles. The van der Waals surface area contributed by atoms with Gasteiger partial charge in [-0.1, -0.05) is 6.92 Å². The van der Waals surface area contributed by atoms with Gasteiger partial charge in [-0.15, -0.1) is 0 Å². The predicted octanol–water partition coefficient (Wildman–Crippen LogP) is 2.28. The van der Waals surface area contributed by atoms with Gasteiger partial charge >= 0.3 is 6.09 Å². The van der Waals surface area contributed by atoms with Gasteiger partial charge in [0.25, 0.3) is 0 Å². The van der Waals surface area contributed by atoms with Crippen molar-refractivity contribution in [3.63, 3.8) is 0 Å². The van der Waals surface area contributed by atoms with Crippen LogP contribution < -0.4 is 0 Å². The molecule has 1 fully saturated rings. The molecule has 1 rings (SSSR count). The van der Waals surface area contributed by atoms with E-state index in [0.29, 0.717) is 12.5 Å². The number of likely N-dealkylation sites (tertiary alicyclic amines) is 1. The van der Waals surface area contributed by atoms with Gasteiger partial charge in [-0.3, -0.25) is 0 Å². The number of hydrogen-bond donors (Lipinski definition) is 0. The lowest BCUT2D eigenvalue weighted by atomic mass is 10.1. The van der Waals surface area contributed by atoms with Gasteiger partial charge < -0.3 is 14.4 Å². The number of amides is 1. The van der Waals surface area contributed by atoms with Crippen LogP contribution in [0.15, 0.2) is 0 Å². The molecule has 0 bridgehead atoms. The average Bonchev–Trinajstić information content (AvgIpc) is 2.44. The highest BCUT2D eigenvalue weighted by Crippen LogP contribution is 2.25. The number of carbonyl (C=O) groups is 1. The van der Waals surface area contributed by atoms with Crippen LogP contribution in [0.25, 0.3) is 0 Å². The summed E-state index contributed by atoms with van der Waals surface area (Å²) in [5.41, 5.74) is -0.430. The predicted molar refractivity (Wildman–Crippen MR) is 62.4 cm³/mol. The topological polar surface area (TPSA) is 38.8 Å². The average molecular weight is 229 g/mol. The lowest BCUT2D eigenvalue weighted by Gasteiger charge is -2.28. The monoisotopic (exact) mass is 229 g/mol. The first-order valence-corrected chi connectivity index (χ1v) is 5.82. The highest BCUT2D eigenvalue weighted by Gasteiger charge is 2.35. The SMILES string of the molecule is COC[C@H]1C[C@@H](C)CN1C(=O)OC(C)(C)C. The zero-order valence-electron chi connectivity index (χ0n) is 10.9. The van der Waals surface area contributed by atoms with Gasteiger partial charge in [0.2, 0.25) is 0 Å². The lowest BCUT2D eigenvalue weighted by molar-refractivity contribution is 0.0146. The first-order chi connectivity index (χ1) is 7.33. The van der Waals surface area contributed by atoms with Crippen molar-refractivity contribution in [1.82, 2.24) is 4.90 Å². The fourth-order valence-corrected chi connectivity index (χ4v) is 2.05. The molecule has 1 heterocycles. The molecule has 1 amide bonds. The Labute approximate surface area is 97.9 Å². The molecule has 94 valence electrons. The van der Waals surface area contributed by atoms with E-state index in [1.807, 2.05) is 20.8 Å². The van der Waals surface area contributed by atoms with Crippen LogP contribution in [0, 0.1) is 5.92 Å². The first-order valence-electron chi connectivity index (χ1n) is 5.82. The molecule has 4 heteroatoms. The van der Waals surface area contributed by atoms with E-state index >= 15 is 0 Å². The van der Waals surface area contributed by atoms with Crippen molar-refractivity contribution in [2.24, 2.45) is 5.92 Å². The molecular weight excluding hydrogens is 206 g/mol. The van der Waals surface area contributed by atoms with Crippen LogP contribution in [-0.4, -0.2) is 42.9 Å². The third kappa shape index (κ3) is 3.67. The van der Waals surface area contributed by atoms with Gasteiger partial charge in [0.1, 0.15) is 5.60 Å². The first kappa shape index (κ1) is 13.3. The molecule has 1 aliphatic rings. The van der Waals surface area contributed by atoms with Crippen LogP contribution in [-0.2, 0) is 9.47 Å². The summed E-state index contributed by atoms with van der Waals surface area (Å²) < 4.78 is 10.5. The molecule has 0 unspecified atom stereocenters. The minimum absolute atomic E-state index is 0.162. The van der Waals surface area contributed by atoms with Crippen LogP contribution in [0.4, 0.5) is 4.79 Å². The van der Waals surface area contributed by atoms with E-state index in [1.165, 1.54) is 0 Å². The Hall–Kier alpha value is -0.770. The smallest absolute Gasteiger partial charge is 0.410 e. The third-order valence-corrected chi connectivity index (χ3v) is 2.61. The Morgan fingerprint density at radius 1 is 1.44 bits per heavy atom. The van der Waals surface area contributed by atoms with Crippen LogP contribution in [0.1, 0.15) is 34.1 Å². The summed E-state index contributed by atoms with van der Waals surface area (Å²) >= 11 is 0. The number of methoxy groups -OCH3 is 1. The fraction of sp³-hybridized carbons (Fsp3) is 0.917. The fourth-order valence-electron chi connectivity index (χ4n) is 2.05. The van der Waals surface area contributed by atoms with E-state index in [-0.39, 0.29) is 12.1 Å². The second-order valence-electron chi connectivity index (χ2n) is 5.58. The van der Waals surface area contributed by atoms with Gasteiger partial charge in [0.05, 0.1) is 12.6 Å². The third-order valence-electron chi connectivity index (χ3n) is 2.61. The molecule has 16 heavy (non-hydrogen) atoms. The quantitative estimate of drug-likeness (QED) is 0.729. The van der Waals surface area contributed by atoms with Gasteiger partial charge in [-0.05, 0) is 33.1 Å². The zero-order chi connectivity index (χ0) is 12.3. The number of rotatable bonds is 2. The van der Waals surface area contributed by atoms with E-state index in [2.05, 4.69) is 6.92 Å². The van der Waals surface area contributed by atoms with Gasteiger partial charge in [-0.25, -0.2) is 4.79 Å². The van der Waals surface area contributed by atoms with Crippen molar-refractivity contribution in [3.8, 4) is 0 Å². The lowest BCUT2D eigenvalue weighted by Crippen LogP contribution is -2.41. The molecule has 0 saturated carbocycles. The molecule has 4 nitrogen and oxygen atoms in total. The molecular formula is C12H23NO3. The molecule has 1 saturated heterocycles. The number of carbonyl (C=O) groups excluding carboxylic acids is 1. The molecule has 0 spiro atoms. The Kier molecular flexibility index (Phi) is 4.19. The summed E-state index contributed by atoms with van der Waals surface area (Å²) in [4.78, 5) is 13.7. The molecule has 1 aliphatic heterocycles. The number of nitrogens with zero attached hydrogens (tertiary/aromatic N) is 1. The van der Waals surface area contributed by atoms with Gasteiger partial charge in [-0.2, -0.15) is 0 Å². The largest absolute Gasteiger partial charge is 0.444 e. The van der Waals surface area contributed by atoms with Crippen molar-refractivity contribution in [2.75, 3.05) is 20.3 Å². The van der Waals surface area contributed by atoms with Crippen LogP contribution in [0.5, 0.6) is 0 Å². The van der Waals surface area contributed by atoms with Crippen molar-refractivity contribution >= 4 is 6.09 Å². The summed E-state index contributed by atoms with van der Waals surface area (Å²) in [5, 5.41) is 0. The van der Waals surface area contributed by atoms with E-state index in [9.17, 15) is 4.79 Å². The minimum atomic E-state index is -0.430. The summed E-state index contributed by atoms with van der Waals surface area (Å²) in [5.74, 6) is 0.521. The maximum atomic E-state index is 11.9. The standard InChI is InChI=1S/C12H23NO3/c1-9-6-10(8-15-5)13(7-9)11(14)16-12(2,3)4/h9-10H,6-8H2,1-5H3/t9-,10-/m1/s1. The number of ether oxygens (including phenoxy) is 2. The maximum Gasteiger partial charge on any atom is 0.410 e. The second-order valence-corrected chi connectivity index (χ2v) is 5.58. The van der Waals surface area contributed by atoms with Crippen LogP contribution >= 0.6 is 0 Å². The molecule has 0 radical (unpaired) electrons. The summed E-state index contributed by atoms with van der Waals surface area (Å²) in [6.07, 6.45) is 0.770. The second kappa shape index (κ2) is 5.04. The van der Waals surface area contributed by atoms with E-state index in [0.717, 1.165) is 13.0 Å². The molecule has 0 aromatic rings. The van der Waals surface area contributed by atoms with Crippen molar-refractivity contribution in [3.05, 3.63) is 0 Å². The van der Waals surface area contributed by atoms with Gasteiger partial charge in [0, 0.05) is 13.7 Å². The van der Waals surface area contributed by atoms with E-state index < -0.39 is 5.60 Å². The Morgan fingerprint density at radius 3 is 2.56 bits per heavy atom. The molecule has 0 aromatic heterocycles. The summed E-state index contributed by atoms with van der Waals surface area (Å²) in [6, 6.07) is 0.162. The van der Waals surface area contributed by atoms with Crippen LogP contribution in [0.2, 0.25) is 0 Å². The molecule has 0 N–H and O–H groups in total. The Bertz CT molecular complexity index is 247. The molecule has 0 aromatic carbocycles. The van der Waals surface area contributed by atoms with Crippen molar-refractivity contribution < 1.29 is 14.3 Å². The normalized spacial score (nSPS) is 25.9. The van der Waals surface area contributed by atoms with E-state index in [4.69, 9.17) is 9.47 Å². The van der Waals surface area contributed by atoms with Crippen molar-refractivity contribution in [1.29, 1.82) is 0 Å². The minimum Gasteiger partial charge on any atom is -0.444 e. The van der Waals surface area contributed by atoms with Gasteiger partial charge in [0.15, 0.2) is 0 Å². The molecule has 2 atom stereocenters. The zero-order valence-corrected chi connectivity index (χ0v) is 10.9. The highest BCUT2D eigenvalue weighted by atomic mass is 16.6. The maximum absolute atomic E-state index is 11.9. The highest BCUT2D eigenvalue weighted by molar-refractivity contribution is 5.69. The van der Waals surface area contributed by atoms with Crippen molar-refractivity contribution in [2.45, 2.75) is 45.8 Å². The Balaban J connectivity index is 2.59. The van der Waals surface area contributed by atoms with E-state index in [1.54, 1.807) is 12.0 Å². The summed E-state index contributed by atoms with van der Waals surface area (Å²) in [7, 11) is 1.66.